The van der Waals surface area contributed by atoms with Gasteiger partial charge in [-0.25, -0.2) is 4.39 Å². The first-order valence-electron chi connectivity index (χ1n) is 6.76. The molecule has 1 fully saturated rings. The molecular weight excluding hydrogens is 257 g/mol. The Hall–Kier alpha value is -1.86. The molecule has 3 nitrogen and oxygen atoms in total. The number of hydrogen-bond acceptors (Lipinski definition) is 2. The van der Waals surface area contributed by atoms with Crippen molar-refractivity contribution in [2.45, 2.75) is 32.6 Å². The third-order valence-corrected chi connectivity index (χ3v) is 3.78. The molecular formula is C16H18FNO2. The van der Waals surface area contributed by atoms with Gasteiger partial charge in [-0.05, 0) is 31.0 Å². The van der Waals surface area contributed by atoms with Crippen molar-refractivity contribution < 1.29 is 14.3 Å². The summed E-state index contributed by atoms with van der Waals surface area (Å²) in [4.78, 5) is 12.2. The zero-order valence-corrected chi connectivity index (χ0v) is 11.5. The first-order valence-corrected chi connectivity index (χ1v) is 6.76. The van der Waals surface area contributed by atoms with Crippen LogP contribution in [0.25, 0.3) is 0 Å². The van der Waals surface area contributed by atoms with E-state index in [1.807, 2.05) is 6.92 Å². The highest BCUT2D eigenvalue weighted by Crippen LogP contribution is 2.38. The summed E-state index contributed by atoms with van der Waals surface area (Å²) in [5.41, 5.74) is 0.311. The van der Waals surface area contributed by atoms with Crippen LogP contribution in [0.15, 0.2) is 18.2 Å². The van der Waals surface area contributed by atoms with Crippen molar-refractivity contribution in [3.05, 3.63) is 29.6 Å². The standard InChI is InChI=1S/C16H18FNO2/c1-16(8-2-3-9-16)15(20)18-13-7-6-12(5-4-10-19)14(17)11-13/h6-7,11,19H,2-3,8-10H2,1H3,(H,18,20). The fraction of sp³-hybridized carbons (Fsp3) is 0.438. The van der Waals surface area contributed by atoms with Crippen LogP contribution in [0.2, 0.25) is 0 Å². The van der Waals surface area contributed by atoms with Gasteiger partial charge in [-0.3, -0.25) is 4.79 Å². The molecule has 1 saturated carbocycles. The van der Waals surface area contributed by atoms with E-state index in [-0.39, 0.29) is 23.5 Å². The maximum atomic E-state index is 13.8. The number of halogens is 1. The molecule has 1 aliphatic rings. The third-order valence-electron chi connectivity index (χ3n) is 3.78. The van der Waals surface area contributed by atoms with E-state index in [9.17, 15) is 9.18 Å². The van der Waals surface area contributed by atoms with Crippen molar-refractivity contribution in [3.8, 4) is 11.8 Å². The normalized spacial score (nSPS) is 16.4. The van der Waals surface area contributed by atoms with Crippen molar-refractivity contribution in [3.63, 3.8) is 0 Å². The van der Waals surface area contributed by atoms with E-state index in [2.05, 4.69) is 17.2 Å². The van der Waals surface area contributed by atoms with Gasteiger partial charge >= 0.3 is 0 Å². The molecule has 0 bridgehead atoms. The quantitative estimate of drug-likeness (QED) is 0.815. The number of carbonyl (C=O) groups excluding carboxylic acids is 1. The maximum Gasteiger partial charge on any atom is 0.230 e. The molecule has 1 aromatic carbocycles. The Morgan fingerprint density at radius 3 is 2.75 bits per heavy atom. The molecule has 0 aliphatic heterocycles. The fourth-order valence-electron chi connectivity index (χ4n) is 2.49. The summed E-state index contributed by atoms with van der Waals surface area (Å²) < 4.78 is 13.8. The van der Waals surface area contributed by atoms with E-state index in [1.165, 1.54) is 12.1 Å². The van der Waals surface area contributed by atoms with Crippen LogP contribution in [0.5, 0.6) is 0 Å². The van der Waals surface area contributed by atoms with Gasteiger partial charge in [0.1, 0.15) is 12.4 Å². The lowest BCUT2D eigenvalue weighted by Gasteiger charge is -2.22. The van der Waals surface area contributed by atoms with E-state index in [4.69, 9.17) is 5.11 Å². The van der Waals surface area contributed by atoms with Gasteiger partial charge in [-0.1, -0.05) is 31.6 Å². The Labute approximate surface area is 118 Å². The van der Waals surface area contributed by atoms with Crippen molar-refractivity contribution in [1.29, 1.82) is 0 Å². The molecule has 0 saturated heterocycles. The lowest BCUT2D eigenvalue weighted by atomic mass is 9.88. The molecule has 2 N–H and O–H groups in total. The number of aliphatic hydroxyl groups excluding tert-OH is 1. The highest BCUT2D eigenvalue weighted by Gasteiger charge is 2.36. The second-order valence-corrected chi connectivity index (χ2v) is 5.38. The van der Waals surface area contributed by atoms with E-state index < -0.39 is 5.82 Å². The minimum absolute atomic E-state index is 0.0522. The second kappa shape index (κ2) is 6.06. The number of benzene rings is 1. The number of rotatable bonds is 2. The summed E-state index contributed by atoms with van der Waals surface area (Å²) in [6.07, 6.45) is 3.88. The van der Waals surface area contributed by atoms with Crippen molar-refractivity contribution in [2.75, 3.05) is 11.9 Å². The average molecular weight is 275 g/mol. The smallest absolute Gasteiger partial charge is 0.230 e. The largest absolute Gasteiger partial charge is 0.384 e. The zero-order valence-electron chi connectivity index (χ0n) is 11.5. The third kappa shape index (κ3) is 3.17. The number of aliphatic hydroxyl groups is 1. The predicted octanol–water partition coefficient (Wildman–Crippen LogP) is 2.69. The molecule has 0 heterocycles. The number of amides is 1. The first-order chi connectivity index (χ1) is 9.55. The second-order valence-electron chi connectivity index (χ2n) is 5.38. The van der Waals surface area contributed by atoms with Gasteiger partial charge in [0, 0.05) is 11.1 Å². The van der Waals surface area contributed by atoms with Gasteiger partial charge in [0.2, 0.25) is 5.91 Å². The average Bonchev–Trinajstić information content (AvgIpc) is 2.86. The first kappa shape index (κ1) is 14.5. The fourth-order valence-corrected chi connectivity index (χ4v) is 2.49. The number of carbonyl (C=O) groups is 1. The van der Waals surface area contributed by atoms with Crippen molar-refractivity contribution in [1.82, 2.24) is 0 Å². The molecule has 0 radical (unpaired) electrons. The number of hydrogen-bond donors (Lipinski definition) is 2. The lowest BCUT2D eigenvalue weighted by Crippen LogP contribution is -2.30. The van der Waals surface area contributed by atoms with E-state index in [0.717, 1.165) is 25.7 Å². The van der Waals surface area contributed by atoms with Crippen LogP contribution in [0.3, 0.4) is 0 Å². The monoisotopic (exact) mass is 275 g/mol. The van der Waals surface area contributed by atoms with Crippen LogP contribution in [0, 0.1) is 23.1 Å². The molecule has 0 atom stereocenters. The summed E-state index contributed by atoms with van der Waals surface area (Å²) in [6, 6.07) is 4.39. The number of anilines is 1. The van der Waals surface area contributed by atoms with Gasteiger partial charge in [-0.15, -0.1) is 0 Å². The molecule has 0 unspecified atom stereocenters. The van der Waals surface area contributed by atoms with E-state index in [1.54, 1.807) is 6.07 Å². The SMILES string of the molecule is CC1(C(=O)Nc2ccc(C#CCO)c(F)c2)CCCC1. The van der Waals surface area contributed by atoms with Crippen LogP contribution < -0.4 is 5.32 Å². The Balaban J connectivity index is 2.10. The van der Waals surface area contributed by atoms with E-state index in [0.29, 0.717) is 5.69 Å². The summed E-state index contributed by atoms with van der Waals surface area (Å²) in [7, 11) is 0. The predicted molar refractivity (Wildman–Crippen MR) is 75.6 cm³/mol. The maximum absolute atomic E-state index is 13.8. The highest BCUT2D eigenvalue weighted by atomic mass is 19.1. The summed E-state index contributed by atoms with van der Waals surface area (Å²) in [6.45, 7) is 1.64. The van der Waals surface area contributed by atoms with Crippen LogP contribution in [0.4, 0.5) is 10.1 Å². The molecule has 1 aromatic rings. The molecule has 0 aromatic heterocycles. The number of nitrogens with one attached hydrogen (secondary N) is 1. The van der Waals surface area contributed by atoms with Crippen LogP contribution in [0.1, 0.15) is 38.2 Å². The molecule has 0 spiro atoms. The Morgan fingerprint density at radius 2 is 2.15 bits per heavy atom. The van der Waals surface area contributed by atoms with Gasteiger partial charge in [0.15, 0.2) is 0 Å². The van der Waals surface area contributed by atoms with Crippen LogP contribution >= 0.6 is 0 Å². The van der Waals surface area contributed by atoms with Crippen molar-refractivity contribution in [2.24, 2.45) is 5.41 Å². The highest BCUT2D eigenvalue weighted by molar-refractivity contribution is 5.95. The topological polar surface area (TPSA) is 49.3 Å². The van der Waals surface area contributed by atoms with Crippen LogP contribution in [-0.2, 0) is 4.79 Å². The lowest BCUT2D eigenvalue weighted by molar-refractivity contribution is -0.124. The van der Waals surface area contributed by atoms with Crippen molar-refractivity contribution >= 4 is 11.6 Å². The van der Waals surface area contributed by atoms with Gasteiger partial charge in [-0.2, -0.15) is 0 Å². The minimum Gasteiger partial charge on any atom is -0.384 e. The zero-order chi connectivity index (χ0) is 14.6. The summed E-state index contributed by atoms with van der Waals surface area (Å²) in [5.74, 6) is 4.36. The Morgan fingerprint density at radius 1 is 1.45 bits per heavy atom. The van der Waals surface area contributed by atoms with Gasteiger partial charge in [0.05, 0.1) is 5.56 Å². The molecule has 1 amide bonds. The molecule has 1 aliphatic carbocycles. The van der Waals surface area contributed by atoms with Gasteiger partial charge in [0.25, 0.3) is 0 Å². The molecule has 20 heavy (non-hydrogen) atoms. The molecule has 2 rings (SSSR count). The van der Waals surface area contributed by atoms with E-state index >= 15 is 0 Å². The minimum atomic E-state index is -0.500. The summed E-state index contributed by atoms with van der Waals surface area (Å²) in [5, 5.41) is 11.4. The molecule has 4 heteroatoms. The van der Waals surface area contributed by atoms with Gasteiger partial charge < -0.3 is 10.4 Å². The Bertz CT molecular complexity index is 566. The van der Waals surface area contributed by atoms with Crippen LogP contribution in [-0.4, -0.2) is 17.6 Å². The summed E-state index contributed by atoms with van der Waals surface area (Å²) >= 11 is 0. The Kier molecular flexibility index (Phi) is 4.41. The molecule has 106 valence electrons.